The molecule has 16 heavy (non-hydrogen) atoms. The summed E-state index contributed by atoms with van der Waals surface area (Å²) in [5, 5.41) is 10.4. The quantitative estimate of drug-likeness (QED) is 0.746. The Morgan fingerprint density at radius 2 is 2.25 bits per heavy atom. The van der Waals surface area contributed by atoms with Gasteiger partial charge in [0.05, 0.1) is 5.76 Å². The number of aliphatic hydroxyl groups is 1. The predicted molar refractivity (Wildman–Crippen MR) is 67.7 cm³/mol. The van der Waals surface area contributed by atoms with Gasteiger partial charge in [-0.25, -0.2) is 0 Å². The fraction of sp³-hybridized carbons (Fsp3) is 0.286. The molecule has 2 nitrogen and oxygen atoms in total. The van der Waals surface area contributed by atoms with Crippen LogP contribution in [0.1, 0.15) is 24.0 Å². The van der Waals surface area contributed by atoms with Crippen molar-refractivity contribution in [3.63, 3.8) is 0 Å². The highest BCUT2D eigenvalue weighted by Gasteiger charge is 2.05. The lowest BCUT2D eigenvalue weighted by molar-refractivity contribution is 0.387. The minimum atomic E-state index is 0.275. The lowest BCUT2D eigenvalue weighted by Crippen LogP contribution is -1.87. The molecule has 84 valence electrons. The molecular formula is C14H17NO. The van der Waals surface area contributed by atoms with Crippen molar-refractivity contribution in [1.29, 1.82) is 0 Å². The standard InChI is InChI=1S/C14H17NO/c1-10-5-3-8-13-14(10)12(9-15-13)7-4-6-11(2)16/h3,5,8-9,15-16H,2,4,6-7H2,1H3. The van der Waals surface area contributed by atoms with Crippen LogP contribution < -0.4 is 0 Å². The van der Waals surface area contributed by atoms with Crippen LogP contribution in [0.25, 0.3) is 10.9 Å². The SMILES string of the molecule is C=C(O)CCCc1c[nH]c2cccc(C)c12. The smallest absolute Gasteiger partial charge is 0.0851 e. The van der Waals surface area contributed by atoms with Gasteiger partial charge >= 0.3 is 0 Å². The van der Waals surface area contributed by atoms with Crippen molar-refractivity contribution in [2.24, 2.45) is 0 Å². The molecule has 1 heterocycles. The number of aliphatic hydroxyl groups excluding tert-OH is 1. The van der Waals surface area contributed by atoms with Crippen LogP contribution in [0.3, 0.4) is 0 Å². The maximum absolute atomic E-state index is 9.05. The second kappa shape index (κ2) is 4.44. The third-order valence-electron chi connectivity index (χ3n) is 2.91. The van der Waals surface area contributed by atoms with E-state index in [9.17, 15) is 0 Å². The molecule has 0 spiro atoms. The first-order valence-corrected chi connectivity index (χ1v) is 5.61. The summed E-state index contributed by atoms with van der Waals surface area (Å²) in [7, 11) is 0. The van der Waals surface area contributed by atoms with Crippen LogP contribution in [0.15, 0.2) is 36.7 Å². The highest BCUT2D eigenvalue weighted by molar-refractivity contribution is 5.86. The summed E-state index contributed by atoms with van der Waals surface area (Å²) in [5.41, 5.74) is 3.82. The first kappa shape index (κ1) is 10.8. The Balaban J connectivity index is 2.21. The van der Waals surface area contributed by atoms with Gasteiger partial charge in [0.25, 0.3) is 0 Å². The van der Waals surface area contributed by atoms with E-state index >= 15 is 0 Å². The number of fused-ring (bicyclic) bond motifs is 1. The van der Waals surface area contributed by atoms with E-state index in [0.29, 0.717) is 6.42 Å². The van der Waals surface area contributed by atoms with E-state index in [4.69, 9.17) is 5.11 Å². The highest BCUT2D eigenvalue weighted by atomic mass is 16.3. The van der Waals surface area contributed by atoms with E-state index in [0.717, 1.165) is 12.8 Å². The van der Waals surface area contributed by atoms with Gasteiger partial charge in [0.2, 0.25) is 0 Å². The summed E-state index contributed by atoms with van der Waals surface area (Å²) in [5.74, 6) is 0.275. The summed E-state index contributed by atoms with van der Waals surface area (Å²) in [4.78, 5) is 3.28. The largest absolute Gasteiger partial charge is 0.513 e. The molecule has 2 aromatic rings. The molecule has 2 N–H and O–H groups in total. The molecule has 0 saturated heterocycles. The Morgan fingerprint density at radius 1 is 1.44 bits per heavy atom. The van der Waals surface area contributed by atoms with Crippen LogP contribution in [-0.4, -0.2) is 10.1 Å². The second-order valence-electron chi connectivity index (χ2n) is 4.23. The van der Waals surface area contributed by atoms with Gasteiger partial charge in [0.1, 0.15) is 0 Å². The highest BCUT2D eigenvalue weighted by Crippen LogP contribution is 2.23. The summed E-state index contributed by atoms with van der Waals surface area (Å²) in [6.45, 7) is 5.63. The number of rotatable bonds is 4. The number of H-pyrrole nitrogens is 1. The van der Waals surface area contributed by atoms with Gasteiger partial charge in [0.15, 0.2) is 0 Å². The number of hydrogen-bond acceptors (Lipinski definition) is 1. The van der Waals surface area contributed by atoms with E-state index in [1.165, 1.54) is 22.0 Å². The molecule has 0 amide bonds. The summed E-state index contributed by atoms with van der Waals surface area (Å²) < 4.78 is 0. The molecule has 1 aromatic heterocycles. The minimum Gasteiger partial charge on any atom is -0.513 e. The van der Waals surface area contributed by atoms with Crippen molar-refractivity contribution >= 4 is 10.9 Å². The topological polar surface area (TPSA) is 36.0 Å². The van der Waals surface area contributed by atoms with Crippen LogP contribution in [0, 0.1) is 6.92 Å². The van der Waals surface area contributed by atoms with E-state index in [1.54, 1.807) is 0 Å². The molecule has 0 aliphatic rings. The third kappa shape index (κ3) is 2.11. The number of hydrogen-bond donors (Lipinski definition) is 2. The summed E-state index contributed by atoms with van der Waals surface area (Å²) >= 11 is 0. The molecule has 2 heteroatoms. The van der Waals surface area contributed by atoms with Crippen molar-refractivity contribution in [2.45, 2.75) is 26.2 Å². The van der Waals surface area contributed by atoms with Crippen molar-refractivity contribution < 1.29 is 5.11 Å². The van der Waals surface area contributed by atoms with Gasteiger partial charge in [0, 0.05) is 23.5 Å². The van der Waals surface area contributed by atoms with Crippen molar-refractivity contribution in [3.8, 4) is 0 Å². The lowest BCUT2D eigenvalue weighted by Gasteiger charge is -2.01. The van der Waals surface area contributed by atoms with Crippen LogP contribution in [0.2, 0.25) is 0 Å². The van der Waals surface area contributed by atoms with Crippen LogP contribution in [-0.2, 0) is 6.42 Å². The molecular weight excluding hydrogens is 198 g/mol. The monoisotopic (exact) mass is 215 g/mol. The zero-order valence-corrected chi connectivity index (χ0v) is 9.59. The van der Waals surface area contributed by atoms with E-state index < -0.39 is 0 Å². The van der Waals surface area contributed by atoms with E-state index in [1.807, 2.05) is 0 Å². The van der Waals surface area contributed by atoms with Crippen molar-refractivity contribution in [1.82, 2.24) is 4.98 Å². The first-order valence-electron chi connectivity index (χ1n) is 5.61. The maximum atomic E-state index is 9.05. The normalized spacial score (nSPS) is 10.8. The Bertz CT molecular complexity index is 510. The lowest BCUT2D eigenvalue weighted by atomic mass is 10.0. The fourth-order valence-corrected chi connectivity index (χ4v) is 2.13. The molecule has 2 rings (SSSR count). The summed E-state index contributed by atoms with van der Waals surface area (Å²) in [6.07, 6.45) is 4.66. The summed E-state index contributed by atoms with van der Waals surface area (Å²) in [6, 6.07) is 6.29. The van der Waals surface area contributed by atoms with Gasteiger partial charge in [-0.05, 0) is 37.0 Å². The van der Waals surface area contributed by atoms with Crippen LogP contribution >= 0.6 is 0 Å². The molecule has 0 aliphatic carbocycles. The predicted octanol–water partition coefficient (Wildman–Crippen LogP) is 3.87. The number of aromatic nitrogens is 1. The molecule has 0 bridgehead atoms. The second-order valence-corrected chi connectivity index (χ2v) is 4.23. The van der Waals surface area contributed by atoms with Gasteiger partial charge < -0.3 is 10.1 Å². The Kier molecular flexibility index (Phi) is 3.00. The number of allylic oxidation sites excluding steroid dienone is 1. The molecule has 1 aromatic carbocycles. The number of benzene rings is 1. The van der Waals surface area contributed by atoms with Crippen LogP contribution in [0.4, 0.5) is 0 Å². The van der Waals surface area contributed by atoms with Gasteiger partial charge in [-0.2, -0.15) is 0 Å². The van der Waals surface area contributed by atoms with Crippen molar-refractivity contribution in [2.75, 3.05) is 0 Å². The molecule has 0 radical (unpaired) electrons. The molecule has 0 fully saturated rings. The zero-order chi connectivity index (χ0) is 11.5. The van der Waals surface area contributed by atoms with Gasteiger partial charge in [-0.3, -0.25) is 0 Å². The average Bonchev–Trinajstić information content (AvgIpc) is 2.62. The Labute approximate surface area is 95.6 Å². The molecule has 0 unspecified atom stereocenters. The Morgan fingerprint density at radius 3 is 3.00 bits per heavy atom. The number of nitrogens with one attached hydrogen (secondary N) is 1. The Hall–Kier alpha value is -1.70. The third-order valence-corrected chi connectivity index (χ3v) is 2.91. The zero-order valence-electron chi connectivity index (χ0n) is 9.59. The number of aryl methyl sites for hydroxylation is 2. The van der Waals surface area contributed by atoms with Crippen molar-refractivity contribution in [3.05, 3.63) is 47.9 Å². The van der Waals surface area contributed by atoms with Gasteiger partial charge in [-0.1, -0.05) is 18.7 Å². The van der Waals surface area contributed by atoms with Gasteiger partial charge in [-0.15, -0.1) is 0 Å². The number of aromatic amines is 1. The molecule has 0 aliphatic heterocycles. The van der Waals surface area contributed by atoms with E-state index in [-0.39, 0.29) is 5.76 Å². The molecule has 0 atom stereocenters. The minimum absolute atomic E-state index is 0.275. The van der Waals surface area contributed by atoms with E-state index in [2.05, 4.69) is 42.9 Å². The molecule has 0 saturated carbocycles. The average molecular weight is 215 g/mol. The fourth-order valence-electron chi connectivity index (χ4n) is 2.13. The maximum Gasteiger partial charge on any atom is 0.0851 e. The first-order chi connectivity index (χ1) is 7.68. The van der Waals surface area contributed by atoms with Crippen LogP contribution in [0.5, 0.6) is 0 Å².